The highest BCUT2D eigenvalue weighted by Crippen LogP contribution is 1.99. The van der Waals surface area contributed by atoms with Crippen molar-refractivity contribution >= 4 is 0 Å². The average molecular weight is 152 g/mol. The van der Waals surface area contributed by atoms with E-state index in [0.717, 1.165) is 12.8 Å². The summed E-state index contributed by atoms with van der Waals surface area (Å²) in [5.41, 5.74) is 0. The van der Waals surface area contributed by atoms with Crippen molar-refractivity contribution < 1.29 is 5.11 Å². The zero-order valence-electron chi connectivity index (χ0n) is 7.03. The Labute approximate surface area is 68.7 Å². The summed E-state index contributed by atoms with van der Waals surface area (Å²) in [4.78, 5) is 0. The summed E-state index contributed by atoms with van der Waals surface area (Å²) in [6, 6.07) is 0. The Bertz CT molecular complexity index is 145. The normalized spacial score (nSPS) is 14.4. The van der Waals surface area contributed by atoms with Crippen LogP contribution in [0.2, 0.25) is 0 Å². The second-order valence-electron chi connectivity index (χ2n) is 2.33. The highest BCUT2D eigenvalue weighted by Gasteiger charge is 1.94. The van der Waals surface area contributed by atoms with E-state index in [4.69, 9.17) is 0 Å². The minimum Gasteiger partial charge on any atom is -0.389 e. The summed E-state index contributed by atoms with van der Waals surface area (Å²) in [5.74, 6) is 0. The van der Waals surface area contributed by atoms with Gasteiger partial charge in [-0.25, -0.2) is 0 Å². The number of hydrogen-bond acceptors (Lipinski definition) is 1. The predicted octanol–water partition coefficient (Wildman–Crippen LogP) is 2.45. The van der Waals surface area contributed by atoms with Gasteiger partial charge < -0.3 is 5.11 Å². The summed E-state index contributed by atoms with van der Waals surface area (Å²) >= 11 is 0. The van der Waals surface area contributed by atoms with E-state index in [1.165, 1.54) is 0 Å². The molecule has 0 saturated heterocycles. The molecule has 1 nitrogen and oxygen atoms in total. The van der Waals surface area contributed by atoms with Crippen molar-refractivity contribution in [3.05, 3.63) is 37.0 Å². The molecule has 0 fully saturated rings. The second kappa shape index (κ2) is 7.29. The fourth-order valence-electron chi connectivity index (χ4n) is 0.737. The van der Waals surface area contributed by atoms with Crippen LogP contribution in [0.15, 0.2) is 37.0 Å². The maximum Gasteiger partial charge on any atom is 0.0726 e. The second-order valence-corrected chi connectivity index (χ2v) is 2.33. The number of aliphatic hydroxyl groups is 1. The SMILES string of the molecule is C=CC=CC(O)CCC=CC. The van der Waals surface area contributed by atoms with Crippen LogP contribution in [0.4, 0.5) is 0 Å². The fraction of sp³-hybridized carbons (Fsp3) is 0.400. The van der Waals surface area contributed by atoms with Gasteiger partial charge >= 0.3 is 0 Å². The van der Waals surface area contributed by atoms with Crippen molar-refractivity contribution in [3.8, 4) is 0 Å². The molecule has 0 saturated carbocycles. The van der Waals surface area contributed by atoms with E-state index < -0.39 is 0 Å². The largest absolute Gasteiger partial charge is 0.389 e. The Morgan fingerprint density at radius 3 is 2.82 bits per heavy atom. The minimum absolute atomic E-state index is 0.329. The van der Waals surface area contributed by atoms with Gasteiger partial charge in [0.2, 0.25) is 0 Å². The molecule has 0 aromatic carbocycles. The maximum absolute atomic E-state index is 9.24. The lowest BCUT2D eigenvalue weighted by molar-refractivity contribution is 0.214. The van der Waals surface area contributed by atoms with Gasteiger partial charge in [0.25, 0.3) is 0 Å². The van der Waals surface area contributed by atoms with Crippen molar-refractivity contribution in [1.29, 1.82) is 0 Å². The van der Waals surface area contributed by atoms with Crippen LogP contribution in [-0.4, -0.2) is 11.2 Å². The molecule has 62 valence electrons. The van der Waals surface area contributed by atoms with Gasteiger partial charge in [-0.05, 0) is 19.8 Å². The smallest absolute Gasteiger partial charge is 0.0726 e. The van der Waals surface area contributed by atoms with Crippen LogP contribution in [0.5, 0.6) is 0 Å². The van der Waals surface area contributed by atoms with Crippen LogP contribution in [0, 0.1) is 0 Å². The molecule has 0 aromatic heterocycles. The molecule has 0 aliphatic rings. The minimum atomic E-state index is -0.329. The molecule has 0 aromatic rings. The summed E-state index contributed by atoms with van der Waals surface area (Å²) < 4.78 is 0. The molecular formula is C10H16O. The van der Waals surface area contributed by atoms with E-state index in [2.05, 4.69) is 6.58 Å². The molecule has 0 bridgehead atoms. The lowest BCUT2D eigenvalue weighted by Gasteiger charge is -2.00. The standard InChI is InChI=1S/C10H16O/c1-3-5-7-9-10(11)8-6-4-2/h3-6,8,10-11H,2,7,9H2,1H3. The monoisotopic (exact) mass is 152 g/mol. The van der Waals surface area contributed by atoms with Crippen molar-refractivity contribution in [2.24, 2.45) is 0 Å². The molecular weight excluding hydrogens is 136 g/mol. The fourth-order valence-corrected chi connectivity index (χ4v) is 0.737. The first-order valence-electron chi connectivity index (χ1n) is 3.89. The zero-order chi connectivity index (χ0) is 8.53. The van der Waals surface area contributed by atoms with E-state index in [1.54, 1.807) is 18.2 Å². The van der Waals surface area contributed by atoms with Crippen LogP contribution in [0.25, 0.3) is 0 Å². The zero-order valence-corrected chi connectivity index (χ0v) is 7.03. The molecule has 1 atom stereocenters. The lowest BCUT2D eigenvalue weighted by Crippen LogP contribution is -1.99. The first kappa shape index (κ1) is 10.2. The lowest BCUT2D eigenvalue weighted by atomic mass is 10.2. The Balaban J connectivity index is 3.43. The van der Waals surface area contributed by atoms with Crippen LogP contribution in [0.3, 0.4) is 0 Å². The van der Waals surface area contributed by atoms with E-state index in [1.807, 2.05) is 19.1 Å². The van der Waals surface area contributed by atoms with Gasteiger partial charge in [-0.2, -0.15) is 0 Å². The maximum atomic E-state index is 9.24. The number of hydrogen-bond donors (Lipinski definition) is 1. The molecule has 11 heavy (non-hydrogen) atoms. The highest BCUT2D eigenvalue weighted by atomic mass is 16.3. The van der Waals surface area contributed by atoms with Crippen molar-refractivity contribution in [2.45, 2.75) is 25.9 Å². The summed E-state index contributed by atoms with van der Waals surface area (Å²) in [7, 11) is 0. The molecule has 0 radical (unpaired) electrons. The number of rotatable bonds is 5. The van der Waals surface area contributed by atoms with Gasteiger partial charge in [-0.3, -0.25) is 0 Å². The summed E-state index contributed by atoms with van der Waals surface area (Å²) in [6.07, 6.45) is 10.6. The molecule has 0 amide bonds. The predicted molar refractivity (Wildman–Crippen MR) is 49.4 cm³/mol. The first-order chi connectivity index (χ1) is 5.31. The van der Waals surface area contributed by atoms with Gasteiger partial charge in [-0.1, -0.05) is 37.0 Å². The van der Waals surface area contributed by atoms with Gasteiger partial charge in [0, 0.05) is 0 Å². The molecule has 1 N–H and O–H groups in total. The molecule has 0 rings (SSSR count). The Kier molecular flexibility index (Phi) is 6.75. The number of aliphatic hydroxyl groups excluding tert-OH is 1. The van der Waals surface area contributed by atoms with Gasteiger partial charge in [0.05, 0.1) is 6.10 Å². The van der Waals surface area contributed by atoms with E-state index >= 15 is 0 Å². The van der Waals surface area contributed by atoms with E-state index in [-0.39, 0.29) is 6.10 Å². The molecule has 1 heteroatoms. The first-order valence-corrected chi connectivity index (χ1v) is 3.89. The van der Waals surface area contributed by atoms with Gasteiger partial charge in [0.15, 0.2) is 0 Å². The third-order valence-corrected chi connectivity index (χ3v) is 1.33. The van der Waals surface area contributed by atoms with Crippen molar-refractivity contribution in [1.82, 2.24) is 0 Å². The van der Waals surface area contributed by atoms with E-state index in [9.17, 15) is 5.11 Å². The summed E-state index contributed by atoms with van der Waals surface area (Å²) in [6.45, 7) is 5.50. The van der Waals surface area contributed by atoms with Gasteiger partial charge in [-0.15, -0.1) is 0 Å². The van der Waals surface area contributed by atoms with Crippen molar-refractivity contribution in [3.63, 3.8) is 0 Å². The highest BCUT2D eigenvalue weighted by molar-refractivity contribution is 5.00. The van der Waals surface area contributed by atoms with Crippen LogP contribution in [0.1, 0.15) is 19.8 Å². The molecule has 1 unspecified atom stereocenters. The topological polar surface area (TPSA) is 20.2 Å². The Morgan fingerprint density at radius 2 is 2.27 bits per heavy atom. The average Bonchev–Trinajstić information content (AvgIpc) is 2.01. The van der Waals surface area contributed by atoms with Gasteiger partial charge in [0.1, 0.15) is 0 Å². The third kappa shape index (κ3) is 7.07. The van der Waals surface area contributed by atoms with Crippen LogP contribution in [-0.2, 0) is 0 Å². The quantitative estimate of drug-likeness (QED) is 0.474. The Morgan fingerprint density at radius 1 is 1.55 bits per heavy atom. The molecule has 0 aliphatic heterocycles. The third-order valence-electron chi connectivity index (χ3n) is 1.33. The summed E-state index contributed by atoms with van der Waals surface area (Å²) in [5, 5.41) is 9.24. The molecule has 0 aliphatic carbocycles. The Hall–Kier alpha value is -0.820. The number of allylic oxidation sites excluding steroid dienone is 4. The van der Waals surface area contributed by atoms with Crippen LogP contribution < -0.4 is 0 Å². The molecule has 0 heterocycles. The van der Waals surface area contributed by atoms with Crippen LogP contribution >= 0.6 is 0 Å². The molecule has 0 spiro atoms. The van der Waals surface area contributed by atoms with Crippen molar-refractivity contribution in [2.75, 3.05) is 0 Å². The van der Waals surface area contributed by atoms with E-state index in [0.29, 0.717) is 0 Å².